The van der Waals surface area contributed by atoms with Crippen LogP contribution in [0.25, 0.3) is 6.08 Å². The Labute approximate surface area is 114 Å². The molecule has 2 rings (SSSR count). The molecule has 0 aromatic carbocycles. The summed E-state index contributed by atoms with van der Waals surface area (Å²) in [6.07, 6.45) is 10.6. The average molecular weight is 266 g/mol. The maximum Gasteiger partial charge on any atom is 0.212 e. The number of halogens is 1. The summed E-state index contributed by atoms with van der Waals surface area (Å²) in [5.41, 5.74) is 2.46. The van der Waals surface area contributed by atoms with Crippen LogP contribution in [0.4, 0.5) is 0 Å². The van der Waals surface area contributed by atoms with Gasteiger partial charge >= 0.3 is 0 Å². The second kappa shape index (κ2) is 6.79. The molecule has 0 amide bonds. The lowest BCUT2D eigenvalue weighted by Gasteiger charge is -2.23. The van der Waals surface area contributed by atoms with E-state index in [1.165, 1.54) is 37.7 Å². The smallest absolute Gasteiger partial charge is 0.212 e. The Balaban J connectivity index is 2.11. The van der Waals surface area contributed by atoms with Crippen molar-refractivity contribution in [2.75, 3.05) is 13.0 Å². The molecule has 1 aliphatic rings. The first kappa shape index (κ1) is 13.4. The van der Waals surface area contributed by atoms with Crippen LogP contribution in [0, 0.1) is 5.92 Å². The van der Waals surface area contributed by atoms with Gasteiger partial charge in [-0.15, -0.1) is 11.6 Å². The summed E-state index contributed by atoms with van der Waals surface area (Å²) in [5, 5.41) is 0. The lowest BCUT2D eigenvalue weighted by Crippen LogP contribution is -2.10. The van der Waals surface area contributed by atoms with E-state index in [0.29, 0.717) is 17.7 Å². The van der Waals surface area contributed by atoms with Crippen LogP contribution >= 0.6 is 11.6 Å². The Morgan fingerprint density at radius 3 is 2.72 bits per heavy atom. The Bertz CT molecular complexity index is 393. The maximum absolute atomic E-state index is 6.10. The molecule has 98 valence electrons. The van der Waals surface area contributed by atoms with Gasteiger partial charge in [-0.2, -0.15) is 0 Å². The van der Waals surface area contributed by atoms with E-state index in [4.69, 9.17) is 16.3 Å². The third-order valence-electron chi connectivity index (χ3n) is 3.60. The second-order valence-corrected chi connectivity index (χ2v) is 5.09. The fourth-order valence-electron chi connectivity index (χ4n) is 2.55. The van der Waals surface area contributed by atoms with Crippen molar-refractivity contribution in [3.63, 3.8) is 0 Å². The minimum Gasteiger partial charge on any atom is -0.481 e. The van der Waals surface area contributed by atoms with E-state index in [-0.39, 0.29) is 0 Å². The lowest BCUT2D eigenvalue weighted by molar-refractivity contribution is 0.398. The second-order valence-electron chi connectivity index (χ2n) is 4.82. The van der Waals surface area contributed by atoms with Crippen LogP contribution in [0.15, 0.2) is 23.9 Å². The van der Waals surface area contributed by atoms with Crippen molar-refractivity contribution in [1.82, 2.24) is 4.98 Å². The summed E-state index contributed by atoms with van der Waals surface area (Å²) in [6, 6.07) is 3.92. The van der Waals surface area contributed by atoms with Crippen LogP contribution < -0.4 is 4.74 Å². The zero-order valence-electron chi connectivity index (χ0n) is 10.9. The molecule has 0 radical (unpaired) electrons. The number of alkyl halides is 1. The Kier molecular flexibility index (Phi) is 5.06. The van der Waals surface area contributed by atoms with E-state index in [0.717, 1.165) is 5.56 Å². The van der Waals surface area contributed by atoms with Gasteiger partial charge in [0.15, 0.2) is 0 Å². The molecule has 1 aliphatic carbocycles. The van der Waals surface area contributed by atoms with Gasteiger partial charge in [-0.25, -0.2) is 4.98 Å². The average Bonchev–Trinajstić information content (AvgIpc) is 2.46. The van der Waals surface area contributed by atoms with E-state index in [1.807, 2.05) is 18.3 Å². The molecule has 0 saturated heterocycles. The normalized spacial score (nSPS) is 17.8. The number of methoxy groups -OCH3 is 1. The molecule has 1 fully saturated rings. The van der Waals surface area contributed by atoms with Crippen LogP contribution in [0.3, 0.4) is 0 Å². The van der Waals surface area contributed by atoms with Crippen molar-refractivity contribution in [1.29, 1.82) is 0 Å². The number of rotatable bonds is 4. The monoisotopic (exact) mass is 265 g/mol. The highest BCUT2D eigenvalue weighted by atomic mass is 35.5. The minimum atomic E-state index is 0.622. The van der Waals surface area contributed by atoms with Crippen molar-refractivity contribution in [3.8, 4) is 5.88 Å². The summed E-state index contributed by atoms with van der Waals surface area (Å²) in [6.45, 7) is 0. The van der Waals surface area contributed by atoms with Gasteiger partial charge in [-0.05, 0) is 30.4 Å². The summed E-state index contributed by atoms with van der Waals surface area (Å²) in [5.74, 6) is 1.94. The molecule has 1 heterocycles. The Hall–Kier alpha value is -1.02. The van der Waals surface area contributed by atoms with E-state index < -0.39 is 0 Å². The molecule has 0 spiro atoms. The molecule has 0 aliphatic heterocycles. The predicted octanol–water partition coefficient (Wildman–Crippen LogP) is 4.29. The van der Waals surface area contributed by atoms with Gasteiger partial charge in [0.25, 0.3) is 0 Å². The number of nitrogens with zero attached hydrogens (tertiary/aromatic N) is 1. The molecule has 1 aromatic rings. The molecule has 0 unspecified atom stereocenters. The molecule has 0 bridgehead atoms. The fraction of sp³-hybridized carbons (Fsp3) is 0.533. The number of ether oxygens (including phenoxy) is 1. The molecule has 1 saturated carbocycles. The number of hydrogen-bond acceptors (Lipinski definition) is 2. The molecule has 0 N–H and O–H groups in total. The number of allylic oxidation sites excluding steroid dienone is 1. The minimum absolute atomic E-state index is 0.622. The molecule has 2 nitrogen and oxygen atoms in total. The van der Waals surface area contributed by atoms with E-state index in [1.54, 1.807) is 7.11 Å². The van der Waals surface area contributed by atoms with Gasteiger partial charge < -0.3 is 4.74 Å². The topological polar surface area (TPSA) is 22.1 Å². The predicted molar refractivity (Wildman–Crippen MR) is 76.1 cm³/mol. The van der Waals surface area contributed by atoms with Crippen LogP contribution in [0.1, 0.15) is 37.7 Å². The first-order chi connectivity index (χ1) is 8.83. The van der Waals surface area contributed by atoms with Crippen molar-refractivity contribution in [3.05, 3.63) is 29.5 Å². The highest BCUT2D eigenvalue weighted by Gasteiger charge is 2.17. The Morgan fingerprint density at radius 1 is 1.39 bits per heavy atom. The lowest BCUT2D eigenvalue weighted by atomic mass is 9.84. The zero-order chi connectivity index (χ0) is 12.8. The summed E-state index contributed by atoms with van der Waals surface area (Å²) >= 11 is 6.10. The van der Waals surface area contributed by atoms with Crippen LogP contribution in [-0.2, 0) is 0 Å². The molecule has 0 atom stereocenters. The standard InChI is InChI=1S/C15H20ClNO/c1-18-15-8-7-12(11-17-15)9-14(10-16)13-5-3-2-4-6-13/h7-9,11,13H,2-6,10H2,1H3/b14-9-. The number of pyridine rings is 1. The van der Waals surface area contributed by atoms with Crippen molar-refractivity contribution in [2.45, 2.75) is 32.1 Å². The largest absolute Gasteiger partial charge is 0.481 e. The summed E-state index contributed by atoms with van der Waals surface area (Å²) < 4.78 is 5.06. The van der Waals surface area contributed by atoms with Gasteiger partial charge in [0, 0.05) is 18.1 Å². The van der Waals surface area contributed by atoms with Gasteiger partial charge in [0.1, 0.15) is 0 Å². The van der Waals surface area contributed by atoms with Gasteiger partial charge in [-0.3, -0.25) is 0 Å². The molecular formula is C15H20ClNO. The third-order valence-corrected chi connectivity index (χ3v) is 3.91. The van der Waals surface area contributed by atoms with Crippen molar-refractivity contribution < 1.29 is 4.74 Å². The van der Waals surface area contributed by atoms with E-state index >= 15 is 0 Å². The number of hydrogen-bond donors (Lipinski definition) is 0. The third kappa shape index (κ3) is 3.49. The first-order valence-corrected chi connectivity index (χ1v) is 7.13. The Morgan fingerprint density at radius 2 is 2.17 bits per heavy atom. The summed E-state index contributed by atoms with van der Waals surface area (Å²) in [7, 11) is 1.63. The molecular weight excluding hydrogens is 246 g/mol. The fourth-order valence-corrected chi connectivity index (χ4v) is 2.85. The quantitative estimate of drug-likeness (QED) is 0.758. The van der Waals surface area contributed by atoms with Crippen LogP contribution in [0.5, 0.6) is 5.88 Å². The number of aromatic nitrogens is 1. The van der Waals surface area contributed by atoms with E-state index in [2.05, 4.69) is 11.1 Å². The van der Waals surface area contributed by atoms with Crippen molar-refractivity contribution in [2.24, 2.45) is 5.92 Å². The van der Waals surface area contributed by atoms with Gasteiger partial charge in [-0.1, -0.05) is 30.9 Å². The molecule has 18 heavy (non-hydrogen) atoms. The first-order valence-electron chi connectivity index (χ1n) is 6.60. The van der Waals surface area contributed by atoms with Crippen molar-refractivity contribution >= 4 is 17.7 Å². The molecule has 1 aromatic heterocycles. The maximum atomic E-state index is 6.10. The van der Waals surface area contributed by atoms with Gasteiger partial charge in [0.05, 0.1) is 7.11 Å². The summed E-state index contributed by atoms with van der Waals surface area (Å²) in [4.78, 5) is 4.22. The van der Waals surface area contributed by atoms with Crippen LogP contribution in [-0.4, -0.2) is 18.0 Å². The van der Waals surface area contributed by atoms with E-state index in [9.17, 15) is 0 Å². The zero-order valence-corrected chi connectivity index (χ0v) is 11.6. The molecule has 3 heteroatoms. The highest BCUT2D eigenvalue weighted by molar-refractivity contribution is 6.19. The highest BCUT2D eigenvalue weighted by Crippen LogP contribution is 2.31. The van der Waals surface area contributed by atoms with Crippen LogP contribution in [0.2, 0.25) is 0 Å². The van der Waals surface area contributed by atoms with Gasteiger partial charge in [0.2, 0.25) is 5.88 Å². The SMILES string of the molecule is COc1ccc(/C=C(/CCl)C2CCCCC2)cn1.